The average Bonchev–Trinajstić information content (AvgIpc) is 2.34. The molecule has 1 heterocycles. The highest BCUT2D eigenvalue weighted by Gasteiger charge is 2.11. The predicted molar refractivity (Wildman–Crippen MR) is 68.9 cm³/mol. The van der Waals surface area contributed by atoms with Crippen molar-refractivity contribution in [1.82, 2.24) is 9.97 Å². The highest BCUT2D eigenvalue weighted by molar-refractivity contribution is 9.10. The highest BCUT2D eigenvalue weighted by atomic mass is 79.9. The number of halogens is 3. The molecule has 2 aromatic rings. The number of hydrogen-bond donors (Lipinski definition) is 2. The van der Waals surface area contributed by atoms with Crippen LogP contribution in [0.3, 0.4) is 0 Å². The van der Waals surface area contributed by atoms with E-state index in [1.165, 1.54) is 24.4 Å². The maximum absolute atomic E-state index is 13.6. The number of rotatable bonds is 3. The average molecular weight is 315 g/mol. The third-order valence-electron chi connectivity index (χ3n) is 2.14. The van der Waals surface area contributed by atoms with Crippen LogP contribution < -0.4 is 10.6 Å². The molecule has 0 fully saturated rings. The van der Waals surface area contributed by atoms with E-state index in [1.54, 1.807) is 7.05 Å². The first kappa shape index (κ1) is 12.7. The molecule has 0 saturated carbocycles. The first-order valence-corrected chi connectivity index (χ1v) is 5.82. The van der Waals surface area contributed by atoms with Gasteiger partial charge in [0.05, 0.1) is 0 Å². The molecule has 0 spiro atoms. The molecule has 0 unspecified atom stereocenters. The standard InChI is InChI=1S/C11H9BrF2N4/c1-15-11-16-3-2-9(18-11)17-10-7(13)4-6(12)5-8(10)14/h2-5H,1H3,(H2,15,16,17,18). The van der Waals surface area contributed by atoms with E-state index in [0.717, 1.165) is 0 Å². The lowest BCUT2D eigenvalue weighted by Gasteiger charge is -2.09. The molecule has 1 aromatic carbocycles. The van der Waals surface area contributed by atoms with Gasteiger partial charge in [0.25, 0.3) is 0 Å². The molecule has 2 rings (SSSR count). The molecule has 0 bridgehead atoms. The number of anilines is 3. The van der Waals surface area contributed by atoms with Crippen LogP contribution in [-0.2, 0) is 0 Å². The van der Waals surface area contributed by atoms with Crippen LogP contribution in [0.15, 0.2) is 28.9 Å². The monoisotopic (exact) mass is 314 g/mol. The second kappa shape index (κ2) is 5.26. The Morgan fingerprint density at radius 3 is 2.50 bits per heavy atom. The fraction of sp³-hybridized carbons (Fsp3) is 0.0909. The molecule has 2 N–H and O–H groups in total. The van der Waals surface area contributed by atoms with E-state index in [-0.39, 0.29) is 5.69 Å². The normalized spacial score (nSPS) is 10.2. The van der Waals surface area contributed by atoms with Gasteiger partial charge in [-0.25, -0.2) is 13.8 Å². The van der Waals surface area contributed by atoms with Crippen molar-refractivity contribution in [1.29, 1.82) is 0 Å². The molecule has 0 aliphatic heterocycles. The van der Waals surface area contributed by atoms with E-state index in [1.807, 2.05) is 0 Å². The first-order valence-electron chi connectivity index (χ1n) is 5.02. The largest absolute Gasteiger partial charge is 0.357 e. The molecule has 7 heteroatoms. The van der Waals surface area contributed by atoms with Crippen LogP contribution in [0, 0.1) is 11.6 Å². The number of hydrogen-bond acceptors (Lipinski definition) is 4. The number of aromatic nitrogens is 2. The second-order valence-electron chi connectivity index (χ2n) is 3.38. The van der Waals surface area contributed by atoms with Crippen molar-refractivity contribution in [2.75, 3.05) is 17.7 Å². The van der Waals surface area contributed by atoms with Gasteiger partial charge in [0.2, 0.25) is 5.95 Å². The van der Waals surface area contributed by atoms with Crippen LogP contribution in [-0.4, -0.2) is 17.0 Å². The third kappa shape index (κ3) is 2.73. The van der Waals surface area contributed by atoms with Crippen molar-refractivity contribution < 1.29 is 8.78 Å². The maximum atomic E-state index is 13.6. The van der Waals surface area contributed by atoms with Crippen LogP contribution in [0.4, 0.5) is 26.2 Å². The molecule has 0 amide bonds. The van der Waals surface area contributed by atoms with Crippen molar-refractivity contribution in [3.63, 3.8) is 0 Å². The Morgan fingerprint density at radius 1 is 1.22 bits per heavy atom. The van der Waals surface area contributed by atoms with Gasteiger partial charge in [-0.05, 0) is 18.2 Å². The van der Waals surface area contributed by atoms with Gasteiger partial charge in [0.15, 0.2) is 11.6 Å². The maximum Gasteiger partial charge on any atom is 0.224 e. The van der Waals surface area contributed by atoms with Gasteiger partial charge in [0.1, 0.15) is 11.5 Å². The van der Waals surface area contributed by atoms with Crippen LogP contribution in [0.25, 0.3) is 0 Å². The Hall–Kier alpha value is -1.76. The van der Waals surface area contributed by atoms with E-state index >= 15 is 0 Å². The topological polar surface area (TPSA) is 49.8 Å². The molecule has 0 aliphatic carbocycles. The summed E-state index contributed by atoms with van der Waals surface area (Å²) in [6.07, 6.45) is 1.48. The first-order chi connectivity index (χ1) is 8.60. The molecular weight excluding hydrogens is 306 g/mol. The zero-order chi connectivity index (χ0) is 13.1. The molecule has 94 valence electrons. The molecular formula is C11H9BrF2N4. The highest BCUT2D eigenvalue weighted by Crippen LogP contribution is 2.26. The van der Waals surface area contributed by atoms with Gasteiger partial charge in [-0.2, -0.15) is 4.98 Å². The molecule has 0 saturated heterocycles. The van der Waals surface area contributed by atoms with Gasteiger partial charge in [-0.1, -0.05) is 15.9 Å². The van der Waals surface area contributed by atoms with Gasteiger partial charge in [-0.3, -0.25) is 0 Å². The molecule has 0 radical (unpaired) electrons. The van der Waals surface area contributed by atoms with E-state index in [4.69, 9.17) is 0 Å². The van der Waals surface area contributed by atoms with Crippen molar-refractivity contribution >= 4 is 33.4 Å². The van der Waals surface area contributed by atoms with E-state index < -0.39 is 11.6 Å². The van der Waals surface area contributed by atoms with Crippen molar-refractivity contribution in [3.8, 4) is 0 Å². The Morgan fingerprint density at radius 2 is 1.89 bits per heavy atom. The number of nitrogens with zero attached hydrogens (tertiary/aromatic N) is 2. The Kier molecular flexibility index (Phi) is 3.71. The summed E-state index contributed by atoms with van der Waals surface area (Å²) >= 11 is 3.01. The smallest absolute Gasteiger partial charge is 0.224 e. The van der Waals surface area contributed by atoms with E-state index in [0.29, 0.717) is 16.2 Å². The van der Waals surface area contributed by atoms with Crippen molar-refractivity contribution in [2.24, 2.45) is 0 Å². The third-order valence-corrected chi connectivity index (χ3v) is 2.60. The predicted octanol–water partition coefficient (Wildman–Crippen LogP) is 3.30. The molecule has 18 heavy (non-hydrogen) atoms. The SMILES string of the molecule is CNc1nccc(Nc2c(F)cc(Br)cc2F)n1. The summed E-state index contributed by atoms with van der Waals surface area (Å²) in [7, 11) is 1.65. The number of benzene rings is 1. The lowest BCUT2D eigenvalue weighted by atomic mass is 10.3. The van der Waals surface area contributed by atoms with Gasteiger partial charge >= 0.3 is 0 Å². The molecule has 0 aliphatic rings. The van der Waals surface area contributed by atoms with E-state index in [2.05, 4.69) is 36.5 Å². The quantitative estimate of drug-likeness (QED) is 0.912. The van der Waals surface area contributed by atoms with Crippen LogP contribution in [0.2, 0.25) is 0 Å². The van der Waals surface area contributed by atoms with E-state index in [9.17, 15) is 8.78 Å². The Labute approximate surface area is 111 Å². The Balaban J connectivity index is 2.33. The zero-order valence-corrected chi connectivity index (χ0v) is 10.9. The van der Waals surface area contributed by atoms with Crippen molar-refractivity contribution in [3.05, 3.63) is 40.5 Å². The van der Waals surface area contributed by atoms with Gasteiger partial charge in [0, 0.05) is 17.7 Å². The summed E-state index contributed by atoms with van der Waals surface area (Å²) < 4.78 is 27.5. The fourth-order valence-electron chi connectivity index (χ4n) is 1.34. The van der Waals surface area contributed by atoms with Crippen LogP contribution >= 0.6 is 15.9 Å². The summed E-state index contributed by atoms with van der Waals surface area (Å²) in [4.78, 5) is 7.91. The summed E-state index contributed by atoms with van der Waals surface area (Å²) in [5.74, 6) is -0.745. The molecule has 4 nitrogen and oxygen atoms in total. The summed E-state index contributed by atoms with van der Waals surface area (Å²) in [6, 6.07) is 3.86. The molecule has 1 aromatic heterocycles. The lowest BCUT2D eigenvalue weighted by Crippen LogP contribution is -2.02. The Bertz CT molecular complexity index is 554. The fourth-order valence-corrected chi connectivity index (χ4v) is 1.74. The lowest BCUT2D eigenvalue weighted by molar-refractivity contribution is 0.589. The van der Waals surface area contributed by atoms with Gasteiger partial charge < -0.3 is 10.6 Å². The minimum absolute atomic E-state index is 0.251. The minimum Gasteiger partial charge on any atom is -0.357 e. The summed E-state index contributed by atoms with van der Waals surface area (Å²) in [5.41, 5.74) is -0.251. The van der Waals surface area contributed by atoms with Crippen LogP contribution in [0.5, 0.6) is 0 Å². The second-order valence-corrected chi connectivity index (χ2v) is 4.30. The zero-order valence-electron chi connectivity index (χ0n) is 9.34. The van der Waals surface area contributed by atoms with Crippen LogP contribution in [0.1, 0.15) is 0 Å². The summed E-state index contributed by atoms with van der Waals surface area (Å²) in [5, 5.41) is 5.31. The number of nitrogens with one attached hydrogen (secondary N) is 2. The van der Waals surface area contributed by atoms with Gasteiger partial charge in [-0.15, -0.1) is 0 Å². The van der Waals surface area contributed by atoms with Crippen molar-refractivity contribution in [2.45, 2.75) is 0 Å². The molecule has 0 atom stereocenters. The minimum atomic E-state index is -0.702. The summed E-state index contributed by atoms with van der Waals surface area (Å²) in [6.45, 7) is 0.